The van der Waals surface area contributed by atoms with Crippen LogP contribution in [0.3, 0.4) is 0 Å². The molecule has 25 heavy (non-hydrogen) atoms. The fourth-order valence-electron chi connectivity index (χ4n) is 2.98. The van der Waals surface area contributed by atoms with Crippen molar-refractivity contribution < 1.29 is 21.6 Å². The Labute approximate surface area is 150 Å². The van der Waals surface area contributed by atoms with Gasteiger partial charge in [-0.15, -0.1) is 0 Å². The van der Waals surface area contributed by atoms with E-state index in [1.807, 2.05) is 13.8 Å². The molecule has 1 fully saturated rings. The number of hydrogen-bond donors (Lipinski definition) is 1. The molecular weight excluding hydrogens is 364 g/mol. The Morgan fingerprint density at radius 1 is 1.16 bits per heavy atom. The summed E-state index contributed by atoms with van der Waals surface area (Å²) in [5.41, 5.74) is 0.508. The fourth-order valence-corrected chi connectivity index (χ4v) is 4.99. The Balaban J connectivity index is 2.07. The lowest BCUT2D eigenvalue weighted by Gasteiger charge is -2.35. The van der Waals surface area contributed by atoms with Crippen molar-refractivity contribution in [2.75, 3.05) is 32.4 Å². The third kappa shape index (κ3) is 5.49. The molecule has 1 heterocycles. The van der Waals surface area contributed by atoms with Crippen LogP contribution < -0.4 is 4.72 Å². The second kappa shape index (κ2) is 7.71. The van der Waals surface area contributed by atoms with Gasteiger partial charge >= 0.3 is 0 Å². The van der Waals surface area contributed by atoms with E-state index in [1.54, 1.807) is 6.92 Å². The Morgan fingerprint density at radius 2 is 1.76 bits per heavy atom. The predicted octanol–water partition coefficient (Wildman–Crippen LogP) is 0.786. The average Bonchev–Trinajstić information content (AvgIpc) is 2.45. The van der Waals surface area contributed by atoms with Gasteiger partial charge in [-0.25, -0.2) is 21.6 Å². The molecule has 1 aliphatic rings. The van der Waals surface area contributed by atoms with Crippen LogP contribution >= 0.6 is 0 Å². The average molecular weight is 391 g/mol. The van der Waals surface area contributed by atoms with Gasteiger partial charge < -0.3 is 4.74 Å². The number of nitrogens with zero attached hydrogens (tertiary/aromatic N) is 1. The second-order valence-corrected chi connectivity index (χ2v) is 10.4. The molecule has 0 saturated carbocycles. The van der Waals surface area contributed by atoms with E-state index in [9.17, 15) is 16.8 Å². The topological polar surface area (TPSA) is 92.8 Å². The molecule has 0 spiro atoms. The molecule has 0 bridgehead atoms. The fraction of sp³-hybridized carbons (Fsp3) is 0.625. The molecule has 2 unspecified atom stereocenters. The van der Waals surface area contributed by atoms with E-state index in [0.717, 1.165) is 19.3 Å². The number of sulfone groups is 1. The van der Waals surface area contributed by atoms with E-state index in [-0.39, 0.29) is 28.5 Å². The Morgan fingerprint density at radius 3 is 2.32 bits per heavy atom. The lowest BCUT2D eigenvalue weighted by atomic mass is 10.2. The molecule has 9 heteroatoms. The third-order valence-electron chi connectivity index (χ3n) is 4.09. The second-order valence-electron chi connectivity index (χ2n) is 6.61. The molecule has 0 amide bonds. The standard InChI is InChI=1S/C16H26N2O5S2/c1-12-5-6-15(24(4,19)20)9-16(12)25(21,22)17-7-8-18-10-13(2)23-14(3)11-18/h5-6,9,13-14,17H,7-8,10-11H2,1-4H3. The number of morpholine rings is 1. The summed E-state index contributed by atoms with van der Waals surface area (Å²) in [7, 11) is -7.24. The number of hydrogen-bond acceptors (Lipinski definition) is 6. The van der Waals surface area contributed by atoms with Crippen LogP contribution in [-0.2, 0) is 24.6 Å². The monoisotopic (exact) mass is 390 g/mol. The van der Waals surface area contributed by atoms with E-state index in [0.29, 0.717) is 12.1 Å². The van der Waals surface area contributed by atoms with E-state index in [2.05, 4.69) is 9.62 Å². The molecule has 1 N–H and O–H groups in total. The minimum absolute atomic E-state index is 0.000798. The van der Waals surface area contributed by atoms with E-state index >= 15 is 0 Å². The van der Waals surface area contributed by atoms with Crippen LogP contribution in [0.5, 0.6) is 0 Å². The molecule has 0 aliphatic carbocycles. The molecule has 2 atom stereocenters. The summed E-state index contributed by atoms with van der Waals surface area (Å²) in [5.74, 6) is 0. The van der Waals surface area contributed by atoms with Gasteiger partial charge in [-0.3, -0.25) is 4.90 Å². The number of rotatable bonds is 6. The van der Waals surface area contributed by atoms with Crippen molar-refractivity contribution in [1.82, 2.24) is 9.62 Å². The van der Waals surface area contributed by atoms with E-state index < -0.39 is 19.9 Å². The van der Waals surface area contributed by atoms with Crippen molar-refractivity contribution in [1.29, 1.82) is 0 Å². The van der Waals surface area contributed by atoms with Crippen LogP contribution in [0, 0.1) is 6.92 Å². The lowest BCUT2D eigenvalue weighted by molar-refractivity contribution is -0.0671. The maximum atomic E-state index is 12.6. The van der Waals surface area contributed by atoms with Crippen molar-refractivity contribution in [3.05, 3.63) is 23.8 Å². The molecule has 1 aromatic carbocycles. The number of sulfonamides is 1. The first kappa shape index (κ1) is 20.3. The predicted molar refractivity (Wildman–Crippen MR) is 95.9 cm³/mol. The van der Waals surface area contributed by atoms with Gasteiger partial charge in [-0.05, 0) is 38.5 Å². The normalized spacial score (nSPS) is 22.9. The first-order valence-corrected chi connectivity index (χ1v) is 11.5. The van der Waals surface area contributed by atoms with Gasteiger partial charge in [0.25, 0.3) is 0 Å². The highest BCUT2D eigenvalue weighted by molar-refractivity contribution is 7.91. The van der Waals surface area contributed by atoms with Gasteiger partial charge in [0.1, 0.15) is 0 Å². The van der Waals surface area contributed by atoms with Crippen LogP contribution in [0.25, 0.3) is 0 Å². The molecule has 7 nitrogen and oxygen atoms in total. The first-order valence-electron chi connectivity index (χ1n) is 8.17. The Kier molecular flexibility index (Phi) is 6.26. The molecule has 2 rings (SSSR count). The van der Waals surface area contributed by atoms with Crippen molar-refractivity contribution in [2.45, 2.75) is 42.8 Å². The SMILES string of the molecule is Cc1ccc(S(C)(=O)=O)cc1S(=O)(=O)NCCN1CC(C)OC(C)C1. The number of aryl methyl sites for hydroxylation is 1. The molecule has 1 saturated heterocycles. The summed E-state index contributed by atoms with van der Waals surface area (Å²) < 4.78 is 56.7. The van der Waals surface area contributed by atoms with E-state index in [1.165, 1.54) is 18.2 Å². The third-order valence-corrected chi connectivity index (χ3v) is 6.81. The molecule has 1 aromatic rings. The van der Waals surface area contributed by atoms with Crippen molar-refractivity contribution in [3.8, 4) is 0 Å². The Hall–Kier alpha value is -1.00. The molecule has 142 valence electrons. The zero-order valence-corrected chi connectivity index (χ0v) is 16.7. The van der Waals surface area contributed by atoms with Gasteiger partial charge in [-0.1, -0.05) is 6.07 Å². The smallest absolute Gasteiger partial charge is 0.240 e. The minimum Gasteiger partial charge on any atom is -0.373 e. The van der Waals surface area contributed by atoms with Gasteiger partial charge in [0.15, 0.2) is 9.84 Å². The summed E-state index contributed by atoms with van der Waals surface area (Å²) in [6.45, 7) is 7.97. The van der Waals surface area contributed by atoms with Crippen LogP contribution in [0.1, 0.15) is 19.4 Å². The summed E-state index contributed by atoms with van der Waals surface area (Å²) in [5, 5.41) is 0. The van der Waals surface area contributed by atoms with Gasteiger partial charge in [-0.2, -0.15) is 0 Å². The molecular formula is C16H26N2O5S2. The zero-order chi connectivity index (χ0) is 18.8. The summed E-state index contributed by atoms with van der Waals surface area (Å²) >= 11 is 0. The van der Waals surface area contributed by atoms with Gasteiger partial charge in [0.05, 0.1) is 22.0 Å². The number of nitrogens with one attached hydrogen (secondary N) is 1. The van der Waals surface area contributed by atoms with Crippen molar-refractivity contribution in [3.63, 3.8) is 0 Å². The largest absolute Gasteiger partial charge is 0.373 e. The van der Waals surface area contributed by atoms with Gasteiger partial charge in [0, 0.05) is 32.4 Å². The maximum absolute atomic E-state index is 12.6. The van der Waals surface area contributed by atoms with Crippen LogP contribution in [0.4, 0.5) is 0 Å². The van der Waals surface area contributed by atoms with Crippen LogP contribution in [-0.4, -0.2) is 66.4 Å². The summed E-state index contributed by atoms with van der Waals surface area (Å²) in [4.78, 5) is 2.15. The Bertz CT molecular complexity index is 811. The molecule has 1 aliphatic heterocycles. The highest BCUT2D eigenvalue weighted by atomic mass is 32.2. The van der Waals surface area contributed by atoms with Crippen LogP contribution in [0.15, 0.2) is 28.0 Å². The number of ether oxygens (including phenoxy) is 1. The maximum Gasteiger partial charge on any atom is 0.240 e. The summed E-state index contributed by atoms with van der Waals surface area (Å²) in [6, 6.07) is 4.14. The minimum atomic E-state index is -3.77. The molecule has 0 aromatic heterocycles. The van der Waals surface area contributed by atoms with Crippen molar-refractivity contribution >= 4 is 19.9 Å². The zero-order valence-electron chi connectivity index (χ0n) is 15.0. The van der Waals surface area contributed by atoms with E-state index in [4.69, 9.17) is 4.74 Å². The highest BCUT2D eigenvalue weighted by Gasteiger charge is 2.23. The lowest BCUT2D eigenvalue weighted by Crippen LogP contribution is -2.47. The van der Waals surface area contributed by atoms with Gasteiger partial charge in [0.2, 0.25) is 10.0 Å². The molecule has 0 radical (unpaired) electrons. The quantitative estimate of drug-likeness (QED) is 0.772. The summed E-state index contributed by atoms with van der Waals surface area (Å²) in [6.07, 6.45) is 1.30. The van der Waals surface area contributed by atoms with Crippen molar-refractivity contribution in [2.24, 2.45) is 0 Å². The number of benzene rings is 1. The first-order chi connectivity index (χ1) is 11.5. The highest BCUT2D eigenvalue weighted by Crippen LogP contribution is 2.20. The van der Waals surface area contributed by atoms with Crippen LogP contribution in [0.2, 0.25) is 0 Å².